The number of carbonyl (C=O) groups excluding carboxylic acids is 1. The molecule has 0 atom stereocenters. The van der Waals surface area contributed by atoms with Crippen molar-refractivity contribution in [2.75, 3.05) is 13.1 Å². The lowest BCUT2D eigenvalue weighted by Gasteiger charge is -2.23. The van der Waals surface area contributed by atoms with Crippen LogP contribution >= 0.6 is 0 Å². The van der Waals surface area contributed by atoms with Gasteiger partial charge < -0.3 is 4.90 Å². The molecular formula is C20H30N4O3. The van der Waals surface area contributed by atoms with Crippen LogP contribution in [-0.2, 0) is 6.54 Å². The fourth-order valence-electron chi connectivity index (χ4n) is 3.21. The Kier molecular flexibility index (Phi) is 6.93. The van der Waals surface area contributed by atoms with Crippen LogP contribution < -0.4 is 11.2 Å². The van der Waals surface area contributed by atoms with Gasteiger partial charge in [0, 0.05) is 25.3 Å². The quantitative estimate of drug-likeness (QED) is 0.769. The average molecular weight is 374 g/mol. The van der Waals surface area contributed by atoms with Gasteiger partial charge in [0.1, 0.15) is 0 Å². The summed E-state index contributed by atoms with van der Waals surface area (Å²) in [7, 11) is 0. The molecule has 0 aromatic carbocycles. The molecule has 148 valence electrons. The predicted octanol–water partition coefficient (Wildman–Crippen LogP) is 2.88. The molecule has 7 heteroatoms. The van der Waals surface area contributed by atoms with Crippen LogP contribution in [0.4, 0.5) is 0 Å². The fourth-order valence-corrected chi connectivity index (χ4v) is 3.21. The summed E-state index contributed by atoms with van der Waals surface area (Å²) in [4.78, 5) is 46.9. The molecule has 1 amide bonds. The minimum Gasteiger partial charge on any atom is -0.339 e. The number of aryl methyl sites for hydroxylation is 1. The highest BCUT2D eigenvalue weighted by atomic mass is 16.2. The number of aromatic amines is 1. The van der Waals surface area contributed by atoms with Gasteiger partial charge in [-0.1, -0.05) is 34.6 Å². The van der Waals surface area contributed by atoms with E-state index in [1.54, 1.807) is 11.0 Å². The third-order valence-electron chi connectivity index (χ3n) is 4.51. The molecule has 0 aliphatic rings. The monoisotopic (exact) mass is 374 g/mol. The Morgan fingerprint density at radius 3 is 2.30 bits per heavy atom. The summed E-state index contributed by atoms with van der Waals surface area (Å²) in [5, 5.41) is 0.203. The molecule has 0 unspecified atom stereocenters. The van der Waals surface area contributed by atoms with Crippen LogP contribution in [0.1, 0.15) is 75.9 Å². The highest BCUT2D eigenvalue weighted by molar-refractivity contribution is 6.05. The van der Waals surface area contributed by atoms with Gasteiger partial charge in [-0.3, -0.25) is 19.1 Å². The molecule has 2 aromatic rings. The first-order chi connectivity index (χ1) is 12.8. The van der Waals surface area contributed by atoms with Crippen LogP contribution in [0.15, 0.2) is 15.7 Å². The molecule has 0 fully saturated rings. The van der Waals surface area contributed by atoms with Gasteiger partial charge in [-0.25, -0.2) is 9.78 Å². The lowest BCUT2D eigenvalue weighted by atomic mass is 10.0. The van der Waals surface area contributed by atoms with Gasteiger partial charge in [0.25, 0.3) is 11.5 Å². The largest absolute Gasteiger partial charge is 0.339 e. The minimum atomic E-state index is -0.554. The topological polar surface area (TPSA) is 88.1 Å². The van der Waals surface area contributed by atoms with E-state index in [2.05, 4.69) is 9.97 Å². The second-order valence-electron chi connectivity index (χ2n) is 7.15. The molecule has 0 radical (unpaired) electrons. The van der Waals surface area contributed by atoms with E-state index in [9.17, 15) is 14.4 Å². The number of hydrogen-bond acceptors (Lipinski definition) is 4. The first-order valence-electron chi connectivity index (χ1n) is 9.82. The predicted molar refractivity (Wildman–Crippen MR) is 107 cm³/mol. The smallest absolute Gasteiger partial charge is 0.329 e. The maximum absolute atomic E-state index is 13.3. The van der Waals surface area contributed by atoms with Gasteiger partial charge in [-0.2, -0.15) is 0 Å². The zero-order valence-corrected chi connectivity index (χ0v) is 17.0. The number of pyridine rings is 1. The molecular weight excluding hydrogens is 344 g/mol. The van der Waals surface area contributed by atoms with Crippen molar-refractivity contribution in [2.45, 2.75) is 66.3 Å². The van der Waals surface area contributed by atoms with E-state index in [0.29, 0.717) is 36.5 Å². The molecule has 0 aliphatic heterocycles. The summed E-state index contributed by atoms with van der Waals surface area (Å²) < 4.78 is 1.46. The summed E-state index contributed by atoms with van der Waals surface area (Å²) in [6.45, 7) is 11.6. The van der Waals surface area contributed by atoms with Crippen LogP contribution in [0.3, 0.4) is 0 Å². The number of nitrogens with zero attached hydrogens (tertiary/aromatic N) is 3. The van der Waals surface area contributed by atoms with Crippen molar-refractivity contribution in [1.29, 1.82) is 0 Å². The zero-order chi connectivity index (χ0) is 20.1. The van der Waals surface area contributed by atoms with E-state index in [4.69, 9.17) is 0 Å². The summed E-state index contributed by atoms with van der Waals surface area (Å²) >= 11 is 0. The summed E-state index contributed by atoms with van der Waals surface area (Å²) in [6, 6.07) is 1.71. The number of carbonyl (C=O) groups is 1. The Morgan fingerprint density at radius 2 is 1.78 bits per heavy atom. The summed E-state index contributed by atoms with van der Waals surface area (Å²) in [6.07, 6.45) is 2.39. The van der Waals surface area contributed by atoms with Crippen molar-refractivity contribution < 1.29 is 4.79 Å². The van der Waals surface area contributed by atoms with Crippen LogP contribution in [0, 0.1) is 0 Å². The van der Waals surface area contributed by atoms with Crippen LogP contribution in [0.5, 0.6) is 0 Å². The van der Waals surface area contributed by atoms with Crippen molar-refractivity contribution >= 4 is 16.9 Å². The van der Waals surface area contributed by atoms with E-state index in [0.717, 1.165) is 19.3 Å². The molecule has 2 rings (SSSR count). The first-order valence-corrected chi connectivity index (χ1v) is 9.82. The number of fused-ring (bicyclic) bond motifs is 1. The third-order valence-corrected chi connectivity index (χ3v) is 4.51. The summed E-state index contributed by atoms with van der Waals surface area (Å²) in [5.41, 5.74) is 0.292. The SMILES string of the molecule is CCCN(CCC)C(=O)c1cc(C(C)C)nc2c1c(=O)[nH]c(=O)n2CCC. The molecule has 2 heterocycles. The molecule has 27 heavy (non-hydrogen) atoms. The second kappa shape index (κ2) is 8.97. The second-order valence-corrected chi connectivity index (χ2v) is 7.15. The van der Waals surface area contributed by atoms with E-state index < -0.39 is 11.2 Å². The number of aromatic nitrogens is 3. The van der Waals surface area contributed by atoms with Crippen molar-refractivity contribution in [3.63, 3.8) is 0 Å². The van der Waals surface area contributed by atoms with E-state index >= 15 is 0 Å². The van der Waals surface area contributed by atoms with E-state index in [-0.39, 0.29) is 17.2 Å². The Hall–Kier alpha value is -2.44. The Morgan fingerprint density at radius 1 is 1.15 bits per heavy atom. The first kappa shape index (κ1) is 20.9. The Balaban J connectivity index is 2.85. The molecule has 7 nitrogen and oxygen atoms in total. The number of H-pyrrole nitrogens is 1. The molecule has 2 aromatic heterocycles. The Labute approximate surface area is 159 Å². The molecule has 0 aliphatic carbocycles. The highest BCUT2D eigenvalue weighted by Crippen LogP contribution is 2.21. The normalized spacial score (nSPS) is 11.3. The number of rotatable bonds is 8. The number of amides is 1. The molecule has 0 saturated heterocycles. The zero-order valence-electron chi connectivity index (χ0n) is 17.0. The highest BCUT2D eigenvalue weighted by Gasteiger charge is 2.23. The third kappa shape index (κ3) is 4.28. The van der Waals surface area contributed by atoms with Crippen LogP contribution in [-0.4, -0.2) is 38.4 Å². The van der Waals surface area contributed by atoms with Crippen molar-refractivity contribution in [1.82, 2.24) is 19.4 Å². The van der Waals surface area contributed by atoms with Gasteiger partial charge in [0.15, 0.2) is 5.65 Å². The number of hydrogen-bond donors (Lipinski definition) is 1. The standard InChI is InChI=1S/C20H30N4O3/c1-6-9-23(10-7-2)19(26)14-12-15(13(4)5)21-17-16(14)18(25)22-20(27)24(17)11-8-3/h12-13H,6-11H2,1-5H3,(H,22,25,27). The Bertz CT molecular complexity index is 921. The van der Waals surface area contributed by atoms with E-state index in [1.165, 1.54) is 4.57 Å². The lowest BCUT2D eigenvalue weighted by Crippen LogP contribution is -2.36. The minimum absolute atomic E-state index is 0.0659. The van der Waals surface area contributed by atoms with E-state index in [1.807, 2.05) is 34.6 Å². The lowest BCUT2D eigenvalue weighted by molar-refractivity contribution is 0.0757. The van der Waals surface area contributed by atoms with Gasteiger partial charge in [-0.15, -0.1) is 0 Å². The van der Waals surface area contributed by atoms with Crippen LogP contribution in [0.25, 0.3) is 11.0 Å². The van der Waals surface area contributed by atoms with Gasteiger partial charge in [-0.05, 0) is 31.2 Å². The van der Waals surface area contributed by atoms with Crippen molar-refractivity contribution in [2.24, 2.45) is 0 Å². The maximum Gasteiger partial charge on any atom is 0.329 e. The maximum atomic E-state index is 13.3. The van der Waals surface area contributed by atoms with Crippen LogP contribution in [0.2, 0.25) is 0 Å². The average Bonchev–Trinajstić information content (AvgIpc) is 2.63. The van der Waals surface area contributed by atoms with Gasteiger partial charge in [0.05, 0.1) is 10.9 Å². The molecule has 0 saturated carbocycles. The number of nitrogens with one attached hydrogen (secondary N) is 1. The van der Waals surface area contributed by atoms with Gasteiger partial charge in [0.2, 0.25) is 0 Å². The van der Waals surface area contributed by atoms with Crippen molar-refractivity contribution in [3.05, 3.63) is 38.2 Å². The molecule has 0 bridgehead atoms. The fraction of sp³-hybridized carbons (Fsp3) is 0.600. The molecule has 0 spiro atoms. The molecule has 1 N–H and O–H groups in total. The van der Waals surface area contributed by atoms with Gasteiger partial charge >= 0.3 is 5.69 Å². The van der Waals surface area contributed by atoms with Crippen molar-refractivity contribution in [3.8, 4) is 0 Å². The summed E-state index contributed by atoms with van der Waals surface area (Å²) in [5.74, 6) is -0.114.